The average Bonchev–Trinajstić information content (AvgIpc) is 2.58. The predicted octanol–water partition coefficient (Wildman–Crippen LogP) is 6.66. The Morgan fingerprint density at radius 2 is 0.818 bits per heavy atom. The predicted molar refractivity (Wildman–Crippen MR) is 98.1 cm³/mol. The highest BCUT2D eigenvalue weighted by Crippen LogP contribution is 2.26. The fourth-order valence-electron chi connectivity index (χ4n) is 2.37. The van der Waals surface area contributed by atoms with Crippen molar-refractivity contribution in [3.05, 3.63) is 83.9 Å². The molecule has 0 nitrogen and oxygen atoms in total. The van der Waals surface area contributed by atoms with E-state index in [2.05, 4.69) is 86.6 Å². The molecule has 0 heterocycles. The Labute approximate surface area is 134 Å². The minimum absolute atomic E-state index is 1.27. The Morgan fingerprint density at radius 3 is 1.18 bits per heavy atom. The zero-order chi connectivity index (χ0) is 15.9. The van der Waals surface area contributed by atoms with E-state index >= 15 is 0 Å². The van der Waals surface area contributed by atoms with E-state index in [0.29, 0.717) is 0 Å². The molecule has 0 atom stereocenters. The van der Waals surface area contributed by atoms with Crippen molar-refractivity contribution < 1.29 is 0 Å². The molecule has 112 valence electrons. The van der Waals surface area contributed by atoms with Crippen LogP contribution in [0.3, 0.4) is 0 Å². The minimum Gasteiger partial charge on any atom is -0.0683 e. The van der Waals surface area contributed by atoms with E-state index in [4.69, 9.17) is 0 Å². The molecule has 3 rings (SSSR count). The second kappa shape index (κ2) is 7.61. The van der Waals surface area contributed by atoms with Crippen molar-refractivity contribution in [3.63, 3.8) is 0 Å². The summed E-state index contributed by atoms with van der Waals surface area (Å²) >= 11 is 0. The van der Waals surface area contributed by atoms with Crippen LogP contribution in [0.5, 0.6) is 0 Å². The summed E-state index contributed by atoms with van der Waals surface area (Å²) in [6.45, 7) is 8.24. The van der Waals surface area contributed by atoms with Gasteiger partial charge in [0.15, 0.2) is 0 Å². The quantitative estimate of drug-likeness (QED) is 0.494. The van der Waals surface area contributed by atoms with Crippen LogP contribution in [-0.4, -0.2) is 0 Å². The zero-order valence-corrected chi connectivity index (χ0v) is 13.9. The van der Waals surface area contributed by atoms with E-state index < -0.39 is 0 Å². The van der Waals surface area contributed by atoms with Crippen molar-refractivity contribution in [1.82, 2.24) is 0 Å². The monoisotopic (exact) mass is 288 g/mol. The average molecular weight is 288 g/mol. The minimum atomic E-state index is 1.27. The van der Waals surface area contributed by atoms with E-state index in [-0.39, 0.29) is 0 Å². The van der Waals surface area contributed by atoms with Crippen LogP contribution in [0.2, 0.25) is 0 Å². The van der Waals surface area contributed by atoms with E-state index in [1.165, 1.54) is 33.4 Å². The summed E-state index contributed by atoms with van der Waals surface area (Å²) in [5.74, 6) is 0. The van der Waals surface area contributed by atoms with Crippen LogP contribution in [0.4, 0.5) is 0 Å². The Bertz CT molecular complexity index is 643. The van der Waals surface area contributed by atoms with Crippen LogP contribution in [0.15, 0.2) is 72.8 Å². The van der Waals surface area contributed by atoms with Crippen LogP contribution < -0.4 is 0 Å². The third-order valence-corrected chi connectivity index (χ3v) is 3.63. The number of benzene rings is 3. The van der Waals surface area contributed by atoms with Gasteiger partial charge in [0, 0.05) is 0 Å². The van der Waals surface area contributed by atoms with E-state index in [0.717, 1.165) is 0 Å². The first-order chi connectivity index (χ1) is 10.7. The number of rotatable bonds is 2. The van der Waals surface area contributed by atoms with Gasteiger partial charge >= 0.3 is 0 Å². The normalized spacial score (nSPS) is 9.82. The summed E-state index contributed by atoms with van der Waals surface area (Å²) in [7, 11) is 0. The molecule has 0 fully saturated rings. The summed E-state index contributed by atoms with van der Waals surface area (Å²) in [4.78, 5) is 0. The summed E-state index contributed by atoms with van der Waals surface area (Å²) < 4.78 is 0. The van der Waals surface area contributed by atoms with Crippen LogP contribution in [0, 0.1) is 13.8 Å². The summed E-state index contributed by atoms with van der Waals surface area (Å²) in [6.07, 6.45) is 0. The van der Waals surface area contributed by atoms with Crippen molar-refractivity contribution in [1.29, 1.82) is 0 Å². The van der Waals surface area contributed by atoms with Gasteiger partial charge in [-0.05, 0) is 42.2 Å². The highest BCUT2D eigenvalue weighted by atomic mass is 14.1. The first kappa shape index (κ1) is 16.0. The molecule has 3 aromatic carbocycles. The molecule has 0 heteroatoms. The molecule has 0 aliphatic carbocycles. The van der Waals surface area contributed by atoms with Gasteiger partial charge in [-0.2, -0.15) is 0 Å². The number of hydrogen-bond acceptors (Lipinski definition) is 0. The van der Waals surface area contributed by atoms with Gasteiger partial charge in [-0.1, -0.05) is 91.7 Å². The molecule has 0 bridgehead atoms. The molecule has 22 heavy (non-hydrogen) atoms. The van der Waals surface area contributed by atoms with E-state index in [9.17, 15) is 0 Å². The highest BCUT2D eigenvalue weighted by Gasteiger charge is 2.01. The fraction of sp³-hybridized carbons (Fsp3) is 0.182. The lowest BCUT2D eigenvalue weighted by Gasteiger charge is -2.07. The smallest absolute Gasteiger partial charge is 0.0178 e. The Balaban J connectivity index is 0.000000847. The molecule has 0 saturated heterocycles. The molecular formula is C22H24. The lowest BCUT2D eigenvalue weighted by molar-refractivity contribution is 1.46. The first-order valence-corrected chi connectivity index (χ1v) is 7.96. The maximum atomic E-state index is 2.26. The molecule has 3 aromatic rings. The van der Waals surface area contributed by atoms with Crippen LogP contribution in [-0.2, 0) is 0 Å². The zero-order valence-electron chi connectivity index (χ0n) is 13.9. The summed E-state index contributed by atoms with van der Waals surface area (Å²) in [5, 5.41) is 0. The number of aryl methyl sites for hydroxylation is 2. The largest absolute Gasteiger partial charge is 0.0683 e. The Kier molecular flexibility index (Phi) is 5.55. The second-order valence-electron chi connectivity index (χ2n) is 5.31. The molecule has 0 amide bonds. The molecule has 0 aliphatic rings. The van der Waals surface area contributed by atoms with Crippen LogP contribution >= 0.6 is 0 Å². The third-order valence-electron chi connectivity index (χ3n) is 3.63. The van der Waals surface area contributed by atoms with Crippen LogP contribution in [0.1, 0.15) is 25.0 Å². The Hall–Kier alpha value is -2.34. The van der Waals surface area contributed by atoms with Crippen molar-refractivity contribution >= 4 is 0 Å². The third kappa shape index (κ3) is 3.85. The number of hydrogen-bond donors (Lipinski definition) is 0. The van der Waals surface area contributed by atoms with Crippen molar-refractivity contribution in [2.45, 2.75) is 27.7 Å². The molecule has 0 aromatic heterocycles. The van der Waals surface area contributed by atoms with Gasteiger partial charge in [0.05, 0.1) is 0 Å². The van der Waals surface area contributed by atoms with Gasteiger partial charge in [-0.25, -0.2) is 0 Å². The summed E-state index contributed by atoms with van der Waals surface area (Å²) in [5.41, 5.74) is 7.66. The van der Waals surface area contributed by atoms with Gasteiger partial charge in [0.2, 0.25) is 0 Å². The molecular weight excluding hydrogens is 264 g/mol. The standard InChI is InChI=1S/C20H18.C2H6/c1-15-6-10-17(11-7-15)19-4-3-5-20(14-19)18-12-8-16(2)9-13-18;1-2/h3-14H,1-2H3;1-2H3. The van der Waals surface area contributed by atoms with Gasteiger partial charge < -0.3 is 0 Å². The Morgan fingerprint density at radius 1 is 0.455 bits per heavy atom. The molecule has 0 N–H and O–H groups in total. The van der Waals surface area contributed by atoms with Crippen LogP contribution in [0.25, 0.3) is 22.3 Å². The maximum Gasteiger partial charge on any atom is -0.0178 e. The first-order valence-electron chi connectivity index (χ1n) is 7.96. The highest BCUT2D eigenvalue weighted by molar-refractivity contribution is 5.73. The fourth-order valence-corrected chi connectivity index (χ4v) is 2.37. The van der Waals surface area contributed by atoms with Crippen molar-refractivity contribution in [2.75, 3.05) is 0 Å². The maximum absolute atomic E-state index is 2.26. The molecule has 0 unspecified atom stereocenters. The SMILES string of the molecule is CC.Cc1ccc(-c2cccc(-c3ccc(C)cc3)c2)cc1. The van der Waals surface area contributed by atoms with Crippen molar-refractivity contribution in [3.8, 4) is 22.3 Å². The van der Waals surface area contributed by atoms with Gasteiger partial charge in [-0.3, -0.25) is 0 Å². The lowest BCUT2D eigenvalue weighted by atomic mass is 9.98. The molecule has 0 spiro atoms. The topological polar surface area (TPSA) is 0 Å². The molecule has 0 aliphatic heterocycles. The summed E-state index contributed by atoms with van der Waals surface area (Å²) in [6, 6.07) is 26.1. The van der Waals surface area contributed by atoms with Gasteiger partial charge in [0.1, 0.15) is 0 Å². The second-order valence-corrected chi connectivity index (χ2v) is 5.31. The molecule has 0 radical (unpaired) electrons. The lowest BCUT2D eigenvalue weighted by Crippen LogP contribution is -1.82. The van der Waals surface area contributed by atoms with E-state index in [1.54, 1.807) is 0 Å². The van der Waals surface area contributed by atoms with Crippen molar-refractivity contribution in [2.24, 2.45) is 0 Å². The molecule has 0 saturated carbocycles. The van der Waals surface area contributed by atoms with Gasteiger partial charge in [0.25, 0.3) is 0 Å². The van der Waals surface area contributed by atoms with E-state index in [1.807, 2.05) is 13.8 Å². The van der Waals surface area contributed by atoms with Gasteiger partial charge in [-0.15, -0.1) is 0 Å².